The highest BCUT2D eigenvalue weighted by molar-refractivity contribution is 5.90. The Morgan fingerprint density at radius 3 is 2.46 bits per heavy atom. The number of methoxy groups -OCH3 is 1. The first-order valence-electron chi connectivity index (χ1n) is 7.61. The smallest absolute Gasteiger partial charge is 0.337 e. The monoisotopic (exact) mass is 325 g/mol. The zero-order valence-electron chi connectivity index (χ0n) is 13.5. The summed E-state index contributed by atoms with van der Waals surface area (Å²) in [4.78, 5) is 26.9. The SMILES string of the molecule is COC(=O)c1ccc(C=CC(=O)OCCCc2ccncc2)cc1. The Morgan fingerprint density at radius 2 is 1.79 bits per heavy atom. The minimum absolute atomic E-state index is 0.368. The fraction of sp³-hybridized carbons (Fsp3) is 0.211. The van der Waals surface area contributed by atoms with Crippen molar-refractivity contribution < 1.29 is 19.1 Å². The molecule has 0 saturated heterocycles. The molecule has 2 aromatic rings. The van der Waals surface area contributed by atoms with Crippen molar-refractivity contribution >= 4 is 18.0 Å². The number of carbonyl (C=O) groups excluding carboxylic acids is 2. The molecule has 0 bridgehead atoms. The van der Waals surface area contributed by atoms with Crippen LogP contribution in [0.25, 0.3) is 6.08 Å². The minimum atomic E-state index is -0.390. The molecular formula is C19H19NO4. The van der Waals surface area contributed by atoms with E-state index < -0.39 is 0 Å². The number of aromatic nitrogens is 1. The van der Waals surface area contributed by atoms with Crippen LogP contribution in [0.15, 0.2) is 54.9 Å². The number of benzene rings is 1. The van der Waals surface area contributed by atoms with Crippen molar-refractivity contribution in [1.82, 2.24) is 4.98 Å². The molecule has 124 valence electrons. The highest BCUT2D eigenvalue weighted by Crippen LogP contribution is 2.07. The van der Waals surface area contributed by atoms with Gasteiger partial charge in [-0.3, -0.25) is 4.98 Å². The van der Waals surface area contributed by atoms with Gasteiger partial charge < -0.3 is 9.47 Å². The second-order valence-corrected chi connectivity index (χ2v) is 5.07. The van der Waals surface area contributed by atoms with Crippen molar-refractivity contribution in [3.8, 4) is 0 Å². The number of ether oxygens (including phenoxy) is 2. The third kappa shape index (κ3) is 5.68. The first kappa shape index (κ1) is 17.4. The maximum atomic E-state index is 11.7. The van der Waals surface area contributed by atoms with E-state index >= 15 is 0 Å². The second-order valence-electron chi connectivity index (χ2n) is 5.07. The van der Waals surface area contributed by atoms with E-state index in [0.717, 1.165) is 18.4 Å². The molecule has 0 aliphatic rings. The molecule has 5 nitrogen and oxygen atoms in total. The summed E-state index contributed by atoms with van der Waals surface area (Å²) in [5.41, 5.74) is 2.44. The van der Waals surface area contributed by atoms with E-state index in [2.05, 4.69) is 9.72 Å². The summed E-state index contributed by atoms with van der Waals surface area (Å²) in [5.74, 6) is -0.777. The van der Waals surface area contributed by atoms with Gasteiger partial charge in [-0.2, -0.15) is 0 Å². The van der Waals surface area contributed by atoms with E-state index in [0.29, 0.717) is 12.2 Å². The van der Waals surface area contributed by atoms with Gasteiger partial charge >= 0.3 is 11.9 Å². The van der Waals surface area contributed by atoms with E-state index in [1.165, 1.54) is 18.7 Å². The quantitative estimate of drug-likeness (QED) is 0.445. The van der Waals surface area contributed by atoms with E-state index in [1.807, 2.05) is 12.1 Å². The average Bonchev–Trinajstić information content (AvgIpc) is 2.64. The maximum Gasteiger partial charge on any atom is 0.337 e. The Hall–Kier alpha value is -2.95. The van der Waals surface area contributed by atoms with Gasteiger partial charge in [0.2, 0.25) is 0 Å². The third-order valence-electron chi connectivity index (χ3n) is 3.35. The second kappa shape index (κ2) is 9.25. The van der Waals surface area contributed by atoms with Crippen molar-refractivity contribution in [2.24, 2.45) is 0 Å². The van der Waals surface area contributed by atoms with Gasteiger partial charge in [0.05, 0.1) is 19.3 Å². The Morgan fingerprint density at radius 1 is 1.08 bits per heavy atom. The van der Waals surface area contributed by atoms with Crippen LogP contribution in [0, 0.1) is 0 Å². The van der Waals surface area contributed by atoms with Gasteiger partial charge in [-0.25, -0.2) is 9.59 Å². The van der Waals surface area contributed by atoms with E-state index in [9.17, 15) is 9.59 Å². The predicted molar refractivity (Wildman–Crippen MR) is 90.3 cm³/mol. The summed E-state index contributed by atoms with van der Waals surface area (Å²) in [6, 6.07) is 10.6. The van der Waals surface area contributed by atoms with Crippen LogP contribution in [0.5, 0.6) is 0 Å². The Labute approximate surface area is 140 Å². The molecule has 0 fully saturated rings. The van der Waals surface area contributed by atoms with Crippen molar-refractivity contribution in [1.29, 1.82) is 0 Å². The summed E-state index contributed by atoms with van der Waals surface area (Å²) >= 11 is 0. The minimum Gasteiger partial charge on any atom is -0.465 e. The molecule has 1 aromatic carbocycles. The number of hydrogen-bond acceptors (Lipinski definition) is 5. The van der Waals surface area contributed by atoms with Crippen LogP contribution in [0.4, 0.5) is 0 Å². The van der Waals surface area contributed by atoms with Crippen LogP contribution in [-0.4, -0.2) is 30.6 Å². The van der Waals surface area contributed by atoms with Gasteiger partial charge in [0.15, 0.2) is 0 Å². The van der Waals surface area contributed by atoms with Crippen LogP contribution in [0.2, 0.25) is 0 Å². The Bertz CT molecular complexity index is 693. The molecule has 0 radical (unpaired) electrons. The third-order valence-corrected chi connectivity index (χ3v) is 3.35. The molecule has 0 N–H and O–H groups in total. The Balaban J connectivity index is 1.73. The molecule has 0 atom stereocenters. The van der Waals surface area contributed by atoms with E-state index in [-0.39, 0.29) is 11.9 Å². The average molecular weight is 325 g/mol. The largest absolute Gasteiger partial charge is 0.465 e. The number of esters is 2. The van der Waals surface area contributed by atoms with Gasteiger partial charge in [-0.05, 0) is 54.3 Å². The van der Waals surface area contributed by atoms with Crippen molar-refractivity contribution in [2.75, 3.05) is 13.7 Å². The fourth-order valence-electron chi connectivity index (χ4n) is 2.06. The van der Waals surface area contributed by atoms with Crippen LogP contribution in [0.1, 0.15) is 27.9 Å². The number of hydrogen-bond donors (Lipinski definition) is 0. The summed E-state index contributed by atoms with van der Waals surface area (Å²) < 4.78 is 9.78. The molecule has 1 aromatic heterocycles. The summed E-state index contributed by atoms with van der Waals surface area (Å²) in [5, 5.41) is 0. The van der Waals surface area contributed by atoms with Gasteiger partial charge in [-0.15, -0.1) is 0 Å². The molecular weight excluding hydrogens is 306 g/mol. The summed E-state index contributed by atoms with van der Waals surface area (Å²) in [6.07, 6.45) is 8.11. The molecule has 5 heteroatoms. The van der Waals surface area contributed by atoms with Crippen molar-refractivity contribution in [2.45, 2.75) is 12.8 Å². The maximum absolute atomic E-state index is 11.7. The molecule has 0 aliphatic carbocycles. The lowest BCUT2D eigenvalue weighted by Gasteiger charge is -2.02. The highest BCUT2D eigenvalue weighted by atomic mass is 16.5. The van der Waals surface area contributed by atoms with Gasteiger partial charge in [0.25, 0.3) is 0 Å². The van der Waals surface area contributed by atoms with Crippen LogP contribution >= 0.6 is 0 Å². The fourth-order valence-corrected chi connectivity index (χ4v) is 2.06. The predicted octanol–water partition coefficient (Wildman–Crippen LogP) is 3.06. The first-order valence-corrected chi connectivity index (χ1v) is 7.61. The molecule has 0 spiro atoms. The lowest BCUT2D eigenvalue weighted by Crippen LogP contribution is -2.03. The van der Waals surface area contributed by atoms with Gasteiger partial charge in [-0.1, -0.05) is 12.1 Å². The lowest BCUT2D eigenvalue weighted by molar-refractivity contribution is -0.137. The molecule has 0 amide bonds. The van der Waals surface area contributed by atoms with Gasteiger partial charge in [0.1, 0.15) is 0 Å². The zero-order chi connectivity index (χ0) is 17.2. The Kier molecular flexibility index (Phi) is 6.71. The number of rotatable bonds is 7. The first-order chi connectivity index (χ1) is 11.7. The van der Waals surface area contributed by atoms with E-state index in [4.69, 9.17) is 4.74 Å². The number of aryl methyl sites for hydroxylation is 1. The molecule has 0 saturated carbocycles. The van der Waals surface area contributed by atoms with Crippen LogP contribution in [-0.2, 0) is 20.7 Å². The number of nitrogens with zero attached hydrogens (tertiary/aromatic N) is 1. The van der Waals surface area contributed by atoms with Crippen molar-refractivity contribution in [3.05, 3.63) is 71.6 Å². The molecule has 24 heavy (non-hydrogen) atoms. The zero-order valence-corrected chi connectivity index (χ0v) is 13.5. The number of pyridine rings is 1. The molecule has 0 aliphatic heterocycles. The highest BCUT2D eigenvalue weighted by Gasteiger charge is 2.03. The van der Waals surface area contributed by atoms with Crippen molar-refractivity contribution in [3.63, 3.8) is 0 Å². The standard InChI is InChI=1S/C19H19NO4/c1-23-19(22)17-7-4-16(5-8-17)6-9-18(21)24-14-2-3-15-10-12-20-13-11-15/h4-13H,2-3,14H2,1H3. The van der Waals surface area contributed by atoms with Crippen LogP contribution < -0.4 is 0 Å². The molecule has 1 heterocycles. The summed E-state index contributed by atoms with van der Waals surface area (Å²) in [6.45, 7) is 0.368. The summed E-state index contributed by atoms with van der Waals surface area (Å²) in [7, 11) is 1.33. The molecule has 2 rings (SSSR count). The normalized spacial score (nSPS) is 10.5. The lowest BCUT2D eigenvalue weighted by atomic mass is 10.1. The number of carbonyl (C=O) groups is 2. The van der Waals surface area contributed by atoms with Crippen LogP contribution in [0.3, 0.4) is 0 Å². The molecule has 0 unspecified atom stereocenters. The topological polar surface area (TPSA) is 65.5 Å². The van der Waals surface area contributed by atoms with Gasteiger partial charge in [0, 0.05) is 18.5 Å². The van der Waals surface area contributed by atoms with E-state index in [1.54, 1.807) is 42.7 Å².